The van der Waals surface area contributed by atoms with Crippen molar-refractivity contribution in [2.45, 2.75) is 23.8 Å². The minimum Gasteiger partial charge on any atom is -0.339 e. The second kappa shape index (κ2) is 9.49. The fraction of sp³-hybridized carbons (Fsp3) is 0.611. The summed E-state index contributed by atoms with van der Waals surface area (Å²) < 4.78 is 52.5. The predicted molar refractivity (Wildman–Crippen MR) is 114 cm³/mol. The molecule has 0 spiro atoms. The molecule has 3 rings (SSSR count). The smallest absolute Gasteiger partial charge is 0.244 e. The van der Waals surface area contributed by atoms with Gasteiger partial charge in [-0.05, 0) is 31.5 Å². The highest BCUT2D eigenvalue weighted by molar-refractivity contribution is 7.89. The van der Waals surface area contributed by atoms with Gasteiger partial charge in [0.05, 0.1) is 17.8 Å². The van der Waals surface area contributed by atoms with Crippen LogP contribution in [-0.4, -0.2) is 95.0 Å². The summed E-state index contributed by atoms with van der Waals surface area (Å²) >= 11 is 6.05. The van der Waals surface area contributed by atoms with Crippen LogP contribution in [0.15, 0.2) is 29.2 Å². The highest BCUT2D eigenvalue weighted by atomic mass is 35.5. The van der Waals surface area contributed by atoms with Crippen molar-refractivity contribution in [3.05, 3.63) is 29.3 Å². The lowest BCUT2D eigenvalue weighted by atomic mass is 10.1. The molecule has 0 saturated carbocycles. The van der Waals surface area contributed by atoms with Crippen LogP contribution >= 0.6 is 11.6 Å². The van der Waals surface area contributed by atoms with Crippen molar-refractivity contribution >= 4 is 37.6 Å². The van der Waals surface area contributed by atoms with E-state index in [-0.39, 0.29) is 41.5 Å². The van der Waals surface area contributed by atoms with Crippen LogP contribution in [0.5, 0.6) is 0 Å². The van der Waals surface area contributed by atoms with Gasteiger partial charge in [-0.15, -0.1) is 0 Å². The molecule has 1 unspecified atom stereocenters. The summed E-state index contributed by atoms with van der Waals surface area (Å²) in [6.07, 6.45) is 2.69. The van der Waals surface area contributed by atoms with Gasteiger partial charge in [-0.25, -0.2) is 21.6 Å². The highest BCUT2D eigenvalue weighted by Gasteiger charge is 2.32. The Morgan fingerprint density at radius 2 is 1.77 bits per heavy atom. The number of carbonyl (C=O) groups is 1. The first-order valence-electron chi connectivity index (χ1n) is 9.78. The zero-order valence-electron chi connectivity index (χ0n) is 16.8. The number of amides is 1. The Balaban J connectivity index is 1.54. The first-order valence-corrected chi connectivity index (χ1v) is 13.5. The van der Waals surface area contributed by atoms with Gasteiger partial charge < -0.3 is 4.90 Å². The van der Waals surface area contributed by atoms with Gasteiger partial charge in [0.25, 0.3) is 0 Å². The van der Waals surface area contributed by atoms with Gasteiger partial charge >= 0.3 is 0 Å². The van der Waals surface area contributed by atoms with Crippen LogP contribution in [0.2, 0.25) is 5.02 Å². The molecule has 0 aromatic heterocycles. The molecule has 0 aliphatic carbocycles. The topological polar surface area (TPSA) is 107 Å². The summed E-state index contributed by atoms with van der Waals surface area (Å²) in [7, 11) is -6.99. The first kappa shape index (κ1) is 23.4. The summed E-state index contributed by atoms with van der Waals surface area (Å²) in [5.74, 6) is -0.0789. The lowest BCUT2D eigenvalue weighted by Gasteiger charge is -2.37. The van der Waals surface area contributed by atoms with Crippen molar-refractivity contribution in [2.24, 2.45) is 0 Å². The summed E-state index contributed by atoms with van der Waals surface area (Å²) in [6.45, 7) is 2.44. The second-order valence-corrected chi connectivity index (χ2v) is 11.8. The molecule has 9 nitrogen and oxygen atoms in total. The van der Waals surface area contributed by atoms with E-state index in [1.807, 2.05) is 4.90 Å². The zero-order valence-corrected chi connectivity index (χ0v) is 19.2. The molecule has 2 fully saturated rings. The molecule has 30 heavy (non-hydrogen) atoms. The number of likely N-dealkylation sites (tertiary alicyclic amines) is 1. The molecule has 168 valence electrons. The standard InChI is InChI=1S/C18H27ClN4O5S2/c1-29(25,26)20-15-5-4-8-21(13-15)14-18(24)22-9-11-23(12-10-22)30(27,28)17-7-3-2-6-16(17)19/h2-3,6-7,15,20H,4-5,8-14H2,1H3. The van der Waals surface area contributed by atoms with Gasteiger partial charge in [0.2, 0.25) is 26.0 Å². The summed E-state index contributed by atoms with van der Waals surface area (Å²) in [5, 5.41) is 0.179. The number of nitrogens with one attached hydrogen (secondary N) is 1. The Hall–Kier alpha value is -1.24. The maximum Gasteiger partial charge on any atom is 0.244 e. The lowest BCUT2D eigenvalue weighted by Crippen LogP contribution is -2.54. The number of piperazine rings is 1. The third-order valence-corrected chi connectivity index (χ3v) is 8.45. The fourth-order valence-corrected chi connectivity index (χ4v) is 6.57. The monoisotopic (exact) mass is 478 g/mol. The SMILES string of the molecule is CS(=O)(=O)NC1CCCN(CC(=O)N2CCN(S(=O)(=O)c3ccccc3Cl)CC2)C1. The Labute approximate surface area is 183 Å². The van der Waals surface area contributed by atoms with Crippen molar-refractivity contribution in [2.75, 3.05) is 52.1 Å². The van der Waals surface area contributed by atoms with E-state index in [2.05, 4.69) is 4.72 Å². The van der Waals surface area contributed by atoms with E-state index in [1.165, 1.54) is 10.4 Å². The van der Waals surface area contributed by atoms with Crippen molar-refractivity contribution in [3.63, 3.8) is 0 Å². The first-order chi connectivity index (χ1) is 14.1. The van der Waals surface area contributed by atoms with Crippen LogP contribution < -0.4 is 4.72 Å². The Bertz CT molecular complexity index is 978. The number of carbonyl (C=O) groups excluding carboxylic acids is 1. The van der Waals surface area contributed by atoms with Crippen LogP contribution in [-0.2, 0) is 24.8 Å². The van der Waals surface area contributed by atoms with Crippen molar-refractivity contribution < 1.29 is 21.6 Å². The molecule has 1 N–H and O–H groups in total. The maximum atomic E-state index is 12.8. The molecule has 2 saturated heterocycles. The molecule has 0 bridgehead atoms. The molecule has 1 aromatic rings. The van der Waals surface area contributed by atoms with Crippen LogP contribution in [0.3, 0.4) is 0 Å². The molecular weight excluding hydrogens is 452 g/mol. The van der Waals surface area contributed by atoms with Crippen molar-refractivity contribution in [3.8, 4) is 0 Å². The number of hydrogen-bond donors (Lipinski definition) is 1. The molecule has 1 aromatic carbocycles. The largest absolute Gasteiger partial charge is 0.339 e. The molecule has 12 heteroatoms. The van der Waals surface area contributed by atoms with Gasteiger partial charge in [-0.2, -0.15) is 4.31 Å². The van der Waals surface area contributed by atoms with Crippen LogP contribution in [0.4, 0.5) is 0 Å². The Morgan fingerprint density at radius 3 is 2.40 bits per heavy atom. The third-order valence-electron chi connectivity index (χ3n) is 5.29. The van der Waals surface area contributed by atoms with Crippen molar-refractivity contribution in [1.29, 1.82) is 0 Å². The number of piperidine rings is 1. The summed E-state index contributed by atoms with van der Waals surface area (Å²) in [5.41, 5.74) is 0. The molecule has 0 radical (unpaired) electrons. The van der Waals surface area contributed by atoms with E-state index >= 15 is 0 Å². The van der Waals surface area contributed by atoms with Crippen molar-refractivity contribution in [1.82, 2.24) is 18.8 Å². The number of sulfonamides is 2. The average molecular weight is 479 g/mol. The average Bonchev–Trinajstić information content (AvgIpc) is 2.67. The predicted octanol–water partition coefficient (Wildman–Crippen LogP) is 0.187. The van der Waals surface area contributed by atoms with Gasteiger partial charge in [0, 0.05) is 38.8 Å². The van der Waals surface area contributed by atoms with Gasteiger partial charge in [-0.1, -0.05) is 23.7 Å². The molecule has 2 aliphatic rings. The van der Waals surface area contributed by atoms with E-state index in [1.54, 1.807) is 23.1 Å². The quantitative estimate of drug-likeness (QED) is 0.625. The van der Waals surface area contributed by atoms with Crippen LogP contribution in [0.1, 0.15) is 12.8 Å². The maximum absolute atomic E-state index is 12.8. The normalized spacial score (nSPS) is 22.2. The van der Waals surface area contributed by atoms with Gasteiger partial charge in [0.1, 0.15) is 4.90 Å². The minimum absolute atomic E-state index is 0.0733. The highest BCUT2D eigenvalue weighted by Crippen LogP contribution is 2.25. The Kier molecular flexibility index (Phi) is 7.41. The molecule has 2 heterocycles. The summed E-state index contributed by atoms with van der Waals surface area (Å²) in [4.78, 5) is 16.4. The lowest BCUT2D eigenvalue weighted by molar-refractivity contribution is -0.133. The number of rotatable bonds is 6. The molecule has 2 aliphatic heterocycles. The Morgan fingerprint density at radius 1 is 1.10 bits per heavy atom. The molecular formula is C18H27ClN4O5S2. The third kappa shape index (κ3) is 5.92. The van der Waals surface area contributed by atoms with Crippen LogP contribution in [0.25, 0.3) is 0 Å². The summed E-state index contributed by atoms with van der Waals surface area (Å²) in [6, 6.07) is 6.13. The minimum atomic E-state index is -3.71. The van der Waals surface area contributed by atoms with Gasteiger partial charge in [0.15, 0.2) is 0 Å². The van der Waals surface area contributed by atoms with E-state index in [0.717, 1.165) is 25.6 Å². The fourth-order valence-electron chi connectivity index (χ4n) is 3.86. The molecule has 1 atom stereocenters. The number of nitrogens with zero attached hydrogens (tertiary/aromatic N) is 3. The van der Waals surface area contributed by atoms with E-state index < -0.39 is 20.0 Å². The zero-order chi connectivity index (χ0) is 21.9. The van der Waals surface area contributed by atoms with Gasteiger partial charge in [-0.3, -0.25) is 9.69 Å². The number of halogens is 1. The second-order valence-electron chi connectivity index (χ2n) is 7.68. The van der Waals surface area contributed by atoms with E-state index in [4.69, 9.17) is 11.6 Å². The number of hydrogen-bond acceptors (Lipinski definition) is 6. The van der Waals surface area contributed by atoms with E-state index in [9.17, 15) is 21.6 Å². The van der Waals surface area contributed by atoms with Crippen LogP contribution in [0, 0.1) is 0 Å². The molecule has 1 amide bonds. The van der Waals surface area contributed by atoms with E-state index in [0.29, 0.717) is 19.6 Å². The number of benzene rings is 1.